The number of urea groups is 1. The smallest absolute Gasteiger partial charge is 0.319 e. The number of methoxy groups -OCH3 is 1. The van der Waals surface area contributed by atoms with Crippen LogP contribution in [0.2, 0.25) is 0 Å². The third-order valence-electron chi connectivity index (χ3n) is 4.54. The lowest BCUT2D eigenvalue weighted by Crippen LogP contribution is -2.28. The summed E-state index contributed by atoms with van der Waals surface area (Å²) < 4.78 is 5.11. The van der Waals surface area contributed by atoms with Gasteiger partial charge in [-0.2, -0.15) is 0 Å². The number of aromatic nitrogens is 1. The number of pyridine rings is 1. The predicted octanol–water partition coefficient (Wildman–Crippen LogP) is 3.79. The van der Waals surface area contributed by atoms with Gasteiger partial charge in [0.1, 0.15) is 11.6 Å². The summed E-state index contributed by atoms with van der Waals surface area (Å²) in [4.78, 5) is 18.9. The molecule has 6 heteroatoms. The van der Waals surface area contributed by atoms with Crippen LogP contribution < -0.4 is 20.3 Å². The maximum absolute atomic E-state index is 12.1. The van der Waals surface area contributed by atoms with Crippen LogP contribution in [0.5, 0.6) is 5.75 Å². The lowest BCUT2D eigenvalue weighted by atomic mass is 10.2. The average Bonchev–Trinajstić information content (AvgIpc) is 2.97. The van der Waals surface area contributed by atoms with Crippen molar-refractivity contribution >= 4 is 17.5 Å². The van der Waals surface area contributed by atoms with Crippen LogP contribution in [0.4, 0.5) is 16.3 Å². The van der Waals surface area contributed by atoms with E-state index in [0.717, 1.165) is 35.9 Å². The molecule has 0 atom stereocenters. The van der Waals surface area contributed by atoms with E-state index in [1.807, 2.05) is 36.5 Å². The number of rotatable bonds is 5. The van der Waals surface area contributed by atoms with Crippen molar-refractivity contribution in [2.75, 3.05) is 30.4 Å². The molecule has 0 radical (unpaired) electrons. The predicted molar refractivity (Wildman–Crippen MR) is 104 cm³/mol. The molecule has 0 saturated carbocycles. The highest BCUT2D eigenvalue weighted by atomic mass is 16.5. The van der Waals surface area contributed by atoms with Crippen LogP contribution in [0.1, 0.15) is 31.2 Å². The zero-order chi connectivity index (χ0) is 18.2. The monoisotopic (exact) mass is 354 g/mol. The van der Waals surface area contributed by atoms with Gasteiger partial charge < -0.3 is 20.3 Å². The van der Waals surface area contributed by atoms with E-state index in [0.29, 0.717) is 6.54 Å². The normalized spacial score (nSPS) is 14.4. The van der Waals surface area contributed by atoms with Crippen molar-refractivity contribution in [3.05, 3.63) is 48.2 Å². The molecule has 1 aliphatic heterocycles. The van der Waals surface area contributed by atoms with Crippen LogP contribution in [-0.2, 0) is 6.54 Å². The summed E-state index contributed by atoms with van der Waals surface area (Å²) in [6.45, 7) is 2.58. The second-order valence-electron chi connectivity index (χ2n) is 6.46. The molecule has 2 aromatic rings. The summed E-state index contributed by atoms with van der Waals surface area (Å²) >= 11 is 0. The van der Waals surface area contributed by atoms with E-state index in [9.17, 15) is 4.79 Å². The van der Waals surface area contributed by atoms with Crippen molar-refractivity contribution in [2.24, 2.45) is 0 Å². The van der Waals surface area contributed by atoms with Gasteiger partial charge in [0.2, 0.25) is 0 Å². The maximum Gasteiger partial charge on any atom is 0.319 e. The Labute approximate surface area is 154 Å². The standard InChI is InChI=1S/C20H26N4O2/c1-26-18-8-6-17(7-9-18)23-20(25)22-15-16-10-11-21-19(14-16)24-12-4-2-3-5-13-24/h6-11,14H,2-5,12-13,15H2,1H3,(H2,22,23,25). The van der Waals surface area contributed by atoms with Gasteiger partial charge in [0, 0.05) is 31.5 Å². The van der Waals surface area contributed by atoms with Gasteiger partial charge in [-0.1, -0.05) is 12.8 Å². The Morgan fingerprint density at radius 2 is 1.85 bits per heavy atom. The molecule has 1 aliphatic rings. The Hall–Kier alpha value is -2.76. The van der Waals surface area contributed by atoms with Gasteiger partial charge in [-0.25, -0.2) is 9.78 Å². The van der Waals surface area contributed by atoms with E-state index in [2.05, 4.69) is 26.6 Å². The van der Waals surface area contributed by atoms with Crippen molar-refractivity contribution in [1.82, 2.24) is 10.3 Å². The number of hydrogen-bond acceptors (Lipinski definition) is 4. The molecule has 1 aromatic carbocycles. The number of carbonyl (C=O) groups is 1. The van der Waals surface area contributed by atoms with E-state index >= 15 is 0 Å². The highest BCUT2D eigenvalue weighted by molar-refractivity contribution is 5.89. The molecule has 0 unspecified atom stereocenters. The molecule has 138 valence electrons. The summed E-state index contributed by atoms with van der Waals surface area (Å²) in [5.41, 5.74) is 1.77. The SMILES string of the molecule is COc1ccc(NC(=O)NCc2ccnc(N3CCCCCC3)c2)cc1. The van der Waals surface area contributed by atoms with Gasteiger partial charge in [0.05, 0.1) is 7.11 Å². The largest absolute Gasteiger partial charge is 0.497 e. The zero-order valence-corrected chi connectivity index (χ0v) is 15.2. The Bertz CT molecular complexity index is 710. The first-order valence-electron chi connectivity index (χ1n) is 9.13. The van der Waals surface area contributed by atoms with Crippen LogP contribution in [0, 0.1) is 0 Å². The van der Waals surface area contributed by atoms with E-state index in [1.165, 1.54) is 25.7 Å². The maximum atomic E-state index is 12.1. The Balaban J connectivity index is 1.53. The lowest BCUT2D eigenvalue weighted by molar-refractivity contribution is 0.251. The summed E-state index contributed by atoms with van der Waals surface area (Å²) in [6.07, 6.45) is 6.84. The minimum Gasteiger partial charge on any atom is -0.497 e. The highest BCUT2D eigenvalue weighted by Gasteiger charge is 2.11. The van der Waals surface area contributed by atoms with E-state index in [-0.39, 0.29) is 6.03 Å². The summed E-state index contributed by atoms with van der Waals surface area (Å²) in [5, 5.41) is 5.71. The second-order valence-corrected chi connectivity index (χ2v) is 6.46. The average molecular weight is 354 g/mol. The minimum absolute atomic E-state index is 0.233. The number of nitrogens with one attached hydrogen (secondary N) is 2. The molecule has 0 aliphatic carbocycles. The van der Waals surface area contributed by atoms with Crippen LogP contribution in [0.3, 0.4) is 0 Å². The van der Waals surface area contributed by atoms with Crippen LogP contribution in [0.15, 0.2) is 42.6 Å². The van der Waals surface area contributed by atoms with Crippen LogP contribution in [-0.4, -0.2) is 31.2 Å². The molecule has 1 saturated heterocycles. The van der Waals surface area contributed by atoms with Gasteiger partial charge in [0.25, 0.3) is 0 Å². The molecule has 3 rings (SSSR count). The van der Waals surface area contributed by atoms with Gasteiger partial charge in [-0.05, 0) is 54.8 Å². The number of anilines is 2. The van der Waals surface area contributed by atoms with Crippen molar-refractivity contribution < 1.29 is 9.53 Å². The molecule has 0 bridgehead atoms. The Morgan fingerprint density at radius 3 is 2.54 bits per heavy atom. The topological polar surface area (TPSA) is 66.5 Å². The third-order valence-corrected chi connectivity index (χ3v) is 4.54. The zero-order valence-electron chi connectivity index (χ0n) is 15.2. The molecular formula is C20H26N4O2. The van der Waals surface area contributed by atoms with E-state index < -0.39 is 0 Å². The van der Waals surface area contributed by atoms with E-state index in [1.54, 1.807) is 7.11 Å². The molecular weight excluding hydrogens is 328 g/mol. The number of carbonyl (C=O) groups excluding carboxylic acids is 1. The molecule has 2 heterocycles. The highest BCUT2D eigenvalue weighted by Crippen LogP contribution is 2.18. The van der Waals surface area contributed by atoms with Gasteiger partial charge in [0.15, 0.2) is 0 Å². The van der Waals surface area contributed by atoms with Crippen molar-refractivity contribution in [2.45, 2.75) is 32.2 Å². The Kier molecular flexibility index (Phi) is 6.30. The Morgan fingerprint density at radius 1 is 1.12 bits per heavy atom. The van der Waals surface area contributed by atoms with E-state index in [4.69, 9.17) is 4.74 Å². The molecule has 1 fully saturated rings. The fourth-order valence-corrected chi connectivity index (χ4v) is 3.08. The molecule has 2 N–H and O–H groups in total. The number of ether oxygens (including phenoxy) is 1. The van der Waals surface area contributed by atoms with Crippen molar-refractivity contribution in [1.29, 1.82) is 0 Å². The summed E-state index contributed by atoms with van der Waals surface area (Å²) in [7, 11) is 1.61. The first-order valence-corrected chi connectivity index (χ1v) is 9.13. The number of benzene rings is 1. The van der Waals surface area contributed by atoms with Gasteiger partial charge in [-0.3, -0.25) is 0 Å². The van der Waals surface area contributed by atoms with Crippen molar-refractivity contribution in [3.63, 3.8) is 0 Å². The minimum atomic E-state index is -0.233. The van der Waals surface area contributed by atoms with Crippen molar-refractivity contribution in [3.8, 4) is 5.75 Å². The second kappa shape index (κ2) is 9.08. The molecule has 26 heavy (non-hydrogen) atoms. The molecule has 6 nitrogen and oxygen atoms in total. The third kappa shape index (κ3) is 5.12. The summed E-state index contributed by atoms with van der Waals surface area (Å²) in [6, 6.07) is 11.0. The summed E-state index contributed by atoms with van der Waals surface area (Å²) in [5.74, 6) is 1.76. The lowest BCUT2D eigenvalue weighted by Gasteiger charge is -2.21. The molecule has 1 aromatic heterocycles. The van der Waals surface area contributed by atoms with Gasteiger partial charge in [-0.15, -0.1) is 0 Å². The van der Waals surface area contributed by atoms with Crippen LogP contribution >= 0.6 is 0 Å². The number of nitrogens with zero attached hydrogens (tertiary/aromatic N) is 2. The van der Waals surface area contributed by atoms with Gasteiger partial charge >= 0.3 is 6.03 Å². The number of hydrogen-bond donors (Lipinski definition) is 2. The number of amides is 2. The fraction of sp³-hybridized carbons (Fsp3) is 0.400. The van der Waals surface area contributed by atoms with Crippen LogP contribution in [0.25, 0.3) is 0 Å². The first-order chi connectivity index (χ1) is 12.7. The quantitative estimate of drug-likeness (QED) is 0.857. The first kappa shape index (κ1) is 18.0. The molecule has 0 spiro atoms. The fourth-order valence-electron chi connectivity index (χ4n) is 3.08. The molecule has 2 amide bonds.